The van der Waals surface area contributed by atoms with Crippen molar-refractivity contribution in [1.29, 1.82) is 0 Å². The lowest BCUT2D eigenvalue weighted by Crippen LogP contribution is -2.50. The quantitative estimate of drug-likeness (QED) is 0.0812. The van der Waals surface area contributed by atoms with E-state index in [1.807, 2.05) is 18.2 Å². The third-order valence-corrected chi connectivity index (χ3v) is 7.70. The molecule has 1 heterocycles. The standard InChI is InChI=1S/C33H34BrN5O8/c1-16(2)29(35)33(47)39-23(9-18-11-27(42)30(44)28(43)12-18)32(46)38-24(13-19-15-37-22-14-20(34)4-5-21(19)22)31(45)36-8-7-17-3-6-25(40)26(41)10-17/h3-12,14-16,24,29,37,40-44H,13,35H2,1-2H3,(H,36,45)(H,38,46)(H,39,47)/b8-7+,23-9-. The molecule has 2 unspecified atom stereocenters. The van der Waals surface area contributed by atoms with Gasteiger partial charge in [0.1, 0.15) is 11.7 Å². The van der Waals surface area contributed by atoms with Crippen LogP contribution in [0.1, 0.15) is 30.5 Å². The molecule has 0 bridgehead atoms. The number of carbonyl (C=O) groups excluding carboxylic acids is 3. The number of fused-ring (bicyclic) bond motifs is 1. The number of nitrogens with one attached hydrogen (secondary N) is 4. The molecule has 0 saturated carbocycles. The fourth-order valence-electron chi connectivity index (χ4n) is 4.51. The fourth-order valence-corrected chi connectivity index (χ4v) is 4.87. The maximum Gasteiger partial charge on any atom is 0.268 e. The van der Waals surface area contributed by atoms with E-state index in [0.717, 1.165) is 33.6 Å². The van der Waals surface area contributed by atoms with E-state index < -0.39 is 47.1 Å². The van der Waals surface area contributed by atoms with Crippen LogP contribution in [0, 0.1) is 5.92 Å². The van der Waals surface area contributed by atoms with Crippen LogP contribution in [0.3, 0.4) is 0 Å². The summed E-state index contributed by atoms with van der Waals surface area (Å²) in [4.78, 5) is 43.3. The summed E-state index contributed by atoms with van der Waals surface area (Å²) in [6.07, 6.45) is 5.65. The van der Waals surface area contributed by atoms with Gasteiger partial charge in [-0.25, -0.2) is 0 Å². The fraction of sp³-hybridized carbons (Fsp3) is 0.182. The van der Waals surface area contributed by atoms with Crippen LogP contribution < -0.4 is 21.7 Å². The largest absolute Gasteiger partial charge is 0.504 e. The lowest BCUT2D eigenvalue weighted by atomic mass is 10.0. The molecule has 1 aromatic heterocycles. The molecular formula is C33H34BrN5O8. The summed E-state index contributed by atoms with van der Waals surface area (Å²) in [6.45, 7) is 3.44. The van der Waals surface area contributed by atoms with Gasteiger partial charge in [-0.3, -0.25) is 14.4 Å². The third kappa shape index (κ3) is 8.62. The molecule has 3 amide bonds. The molecule has 0 aliphatic heterocycles. The van der Waals surface area contributed by atoms with Gasteiger partial charge in [0.2, 0.25) is 11.8 Å². The second-order valence-corrected chi connectivity index (χ2v) is 12.0. The van der Waals surface area contributed by atoms with Crippen LogP contribution in [0.5, 0.6) is 28.7 Å². The van der Waals surface area contributed by atoms with Crippen LogP contribution in [0.4, 0.5) is 0 Å². The van der Waals surface area contributed by atoms with E-state index in [1.165, 1.54) is 30.5 Å². The molecular weight excluding hydrogens is 674 g/mol. The minimum absolute atomic E-state index is 0.0144. The summed E-state index contributed by atoms with van der Waals surface area (Å²) in [7, 11) is 0. The zero-order chi connectivity index (χ0) is 34.4. The number of aromatic hydroxyl groups is 5. The highest BCUT2D eigenvalue weighted by Crippen LogP contribution is 2.36. The van der Waals surface area contributed by atoms with Gasteiger partial charge in [0.05, 0.1) is 6.04 Å². The Morgan fingerprint density at radius 3 is 2.23 bits per heavy atom. The summed E-state index contributed by atoms with van der Waals surface area (Å²) in [5, 5.41) is 57.6. The highest BCUT2D eigenvalue weighted by Gasteiger charge is 2.26. The van der Waals surface area contributed by atoms with Crippen LogP contribution >= 0.6 is 15.9 Å². The molecule has 0 saturated heterocycles. The minimum atomic E-state index is -1.20. The van der Waals surface area contributed by atoms with Crippen LogP contribution in [0.15, 0.2) is 71.1 Å². The number of benzene rings is 3. The van der Waals surface area contributed by atoms with Crippen molar-refractivity contribution >= 4 is 56.7 Å². The highest BCUT2D eigenvalue weighted by molar-refractivity contribution is 9.10. The SMILES string of the molecule is CC(C)C(N)C(=O)N/C(=C\c1cc(O)c(O)c(O)c1)C(=O)NC(Cc1c[nH]c2cc(Br)ccc12)C(=O)N/C=C/c1ccc(O)c(O)c1. The van der Waals surface area contributed by atoms with Crippen LogP contribution in [0.2, 0.25) is 0 Å². The molecule has 2 atom stereocenters. The number of nitrogens with two attached hydrogens (primary N) is 1. The zero-order valence-corrected chi connectivity index (χ0v) is 26.9. The summed E-state index contributed by atoms with van der Waals surface area (Å²) >= 11 is 3.43. The number of amides is 3. The Kier molecular flexibility index (Phi) is 10.8. The van der Waals surface area contributed by atoms with E-state index in [4.69, 9.17) is 5.73 Å². The summed E-state index contributed by atoms with van der Waals surface area (Å²) in [6, 6.07) is 9.57. The molecule has 11 N–H and O–H groups in total. The van der Waals surface area contributed by atoms with Crippen molar-refractivity contribution in [2.24, 2.45) is 11.7 Å². The molecule has 13 nitrogen and oxygen atoms in total. The van der Waals surface area contributed by atoms with Crippen molar-refractivity contribution in [1.82, 2.24) is 20.9 Å². The number of phenols is 5. The van der Waals surface area contributed by atoms with E-state index >= 15 is 0 Å². The normalized spacial score (nSPS) is 13.1. The molecule has 0 aliphatic rings. The number of halogens is 1. The number of phenolic OH excluding ortho intramolecular Hbond substituents is 5. The van der Waals surface area contributed by atoms with E-state index in [0.29, 0.717) is 11.1 Å². The van der Waals surface area contributed by atoms with Crippen LogP contribution in [0.25, 0.3) is 23.1 Å². The summed E-state index contributed by atoms with van der Waals surface area (Å²) < 4.78 is 0.836. The maximum atomic E-state index is 13.8. The molecule has 3 aromatic carbocycles. The molecule has 0 radical (unpaired) electrons. The van der Waals surface area contributed by atoms with Gasteiger partial charge >= 0.3 is 0 Å². The molecule has 4 rings (SSSR count). The van der Waals surface area contributed by atoms with E-state index in [-0.39, 0.29) is 35.1 Å². The van der Waals surface area contributed by atoms with Crippen molar-refractivity contribution < 1.29 is 39.9 Å². The summed E-state index contributed by atoms with van der Waals surface area (Å²) in [5.41, 5.74) is 7.65. The molecule has 0 aliphatic carbocycles. The Morgan fingerprint density at radius 1 is 0.894 bits per heavy atom. The maximum absolute atomic E-state index is 13.8. The second-order valence-electron chi connectivity index (χ2n) is 11.0. The van der Waals surface area contributed by atoms with Crippen LogP contribution in [-0.2, 0) is 20.8 Å². The number of hydrogen-bond acceptors (Lipinski definition) is 9. The third-order valence-electron chi connectivity index (χ3n) is 7.20. The highest BCUT2D eigenvalue weighted by atomic mass is 79.9. The lowest BCUT2D eigenvalue weighted by Gasteiger charge is -2.21. The topological polar surface area (TPSA) is 230 Å². The number of carbonyl (C=O) groups is 3. The average Bonchev–Trinajstić information content (AvgIpc) is 3.41. The Balaban J connectivity index is 1.67. The predicted molar refractivity (Wildman–Crippen MR) is 179 cm³/mol. The number of hydrogen-bond donors (Lipinski definition) is 10. The smallest absolute Gasteiger partial charge is 0.268 e. The number of H-pyrrole nitrogens is 1. The number of aromatic amines is 1. The number of aromatic nitrogens is 1. The minimum Gasteiger partial charge on any atom is -0.504 e. The van der Waals surface area contributed by atoms with Crippen molar-refractivity contribution in [3.63, 3.8) is 0 Å². The zero-order valence-electron chi connectivity index (χ0n) is 25.3. The predicted octanol–water partition coefficient (Wildman–Crippen LogP) is 3.41. The van der Waals surface area contributed by atoms with E-state index in [9.17, 15) is 39.9 Å². The van der Waals surface area contributed by atoms with Gasteiger partial charge in [0, 0.05) is 34.2 Å². The Labute approximate surface area is 277 Å². The van der Waals surface area contributed by atoms with Gasteiger partial charge in [0.25, 0.3) is 5.91 Å². The van der Waals surface area contributed by atoms with Crippen molar-refractivity contribution in [2.75, 3.05) is 0 Å². The Bertz CT molecular complexity index is 1860. The Hall–Kier alpha value is -5.47. The van der Waals surface area contributed by atoms with Crippen molar-refractivity contribution in [3.8, 4) is 28.7 Å². The molecule has 246 valence electrons. The van der Waals surface area contributed by atoms with Gasteiger partial charge < -0.3 is 52.2 Å². The van der Waals surface area contributed by atoms with E-state index in [2.05, 4.69) is 36.9 Å². The van der Waals surface area contributed by atoms with Gasteiger partial charge in [-0.1, -0.05) is 41.9 Å². The molecule has 4 aromatic rings. The molecule has 0 spiro atoms. The van der Waals surface area contributed by atoms with E-state index in [1.54, 1.807) is 20.0 Å². The first-order valence-corrected chi connectivity index (χ1v) is 15.1. The van der Waals surface area contributed by atoms with Gasteiger partial charge in [-0.15, -0.1) is 0 Å². The van der Waals surface area contributed by atoms with Gasteiger partial charge in [-0.2, -0.15) is 0 Å². The molecule has 47 heavy (non-hydrogen) atoms. The average molecular weight is 709 g/mol. The molecule has 0 fully saturated rings. The summed E-state index contributed by atoms with van der Waals surface area (Å²) in [5.74, 6) is -5.26. The second kappa shape index (κ2) is 14.7. The van der Waals surface area contributed by atoms with Crippen molar-refractivity contribution in [2.45, 2.75) is 32.4 Å². The Morgan fingerprint density at radius 2 is 1.57 bits per heavy atom. The molecule has 14 heteroatoms. The monoisotopic (exact) mass is 707 g/mol. The number of rotatable bonds is 11. The first-order chi connectivity index (χ1) is 22.2. The first kappa shape index (κ1) is 34.4. The van der Waals surface area contributed by atoms with Gasteiger partial charge in [0.15, 0.2) is 28.7 Å². The van der Waals surface area contributed by atoms with Gasteiger partial charge in [-0.05, 0) is 71.2 Å². The van der Waals surface area contributed by atoms with Crippen molar-refractivity contribution in [3.05, 3.63) is 87.8 Å². The first-order valence-electron chi connectivity index (χ1n) is 14.3. The lowest BCUT2D eigenvalue weighted by molar-refractivity contribution is -0.128. The van der Waals surface area contributed by atoms with Crippen LogP contribution in [-0.4, -0.2) is 60.3 Å².